The van der Waals surface area contributed by atoms with Gasteiger partial charge >= 0.3 is 0 Å². The molecule has 1 aromatic heterocycles. The van der Waals surface area contributed by atoms with Gasteiger partial charge in [0.1, 0.15) is 0 Å². The molecule has 2 aromatic carbocycles. The van der Waals surface area contributed by atoms with Gasteiger partial charge in [-0.05, 0) is 43.3 Å². The van der Waals surface area contributed by atoms with Crippen LogP contribution in [0.4, 0.5) is 11.4 Å². The second kappa shape index (κ2) is 6.29. The van der Waals surface area contributed by atoms with E-state index < -0.39 is 4.92 Å². The van der Waals surface area contributed by atoms with Crippen LogP contribution in [0, 0.1) is 17.0 Å². The molecule has 1 amide bonds. The predicted octanol–water partition coefficient (Wildman–Crippen LogP) is 2.74. The number of nitrogens with one attached hydrogen (secondary N) is 1. The SMILES string of the molecule is Cc1cc(C(=O)Nc2ccc(-n3nccn3)cc2)ccc1[N+](=O)[O-]. The Bertz CT molecular complexity index is 889. The van der Waals surface area contributed by atoms with Gasteiger partial charge in [0.05, 0.1) is 23.0 Å². The Labute approximate surface area is 136 Å². The highest BCUT2D eigenvalue weighted by molar-refractivity contribution is 6.04. The summed E-state index contributed by atoms with van der Waals surface area (Å²) in [6, 6.07) is 11.3. The molecule has 0 aliphatic heterocycles. The number of rotatable bonds is 4. The fourth-order valence-electron chi connectivity index (χ4n) is 2.23. The molecule has 0 atom stereocenters. The number of benzene rings is 2. The van der Waals surface area contributed by atoms with E-state index in [1.165, 1.54) is 23.0 Å². The minimum atomic E-state index is -0.473. The first-order valence-corrected chi connectivity index (χ1v) is 7.08. The summed E-state index contributed by atoms with van der Waals surface area (Å²) >= 11 is 0. The summed E-state index contributed by atoms with van der Waals surface area (Å²) in [5, 5.41) is 21.6. The maximum Gasteiger partial charge on any atom is 0.272 e. The zero-order chi connectivity index (χ0) is 17.1. The molecule has 0 bridgehead atoms. The van der Waals surface area contributed by atoms with E-state index in [2.05, 4.69) is 15.5 Å². The van der Waals surface area contributed by atoms with Crippen LogP contribution in [0.15, 0.2) is 54.9 Å². The van der Waals surface area contributed by atoms with Crippen molar-refractivity contribution in [2.45, 2.75) is 6.92 Å². The maximum atomic E-state index is 12.3. The molecule has 1 heterocycles. The first-order chi connectivity index (χ1) is 11.5. The van der Waals surface area contributed by atoms with Crippen molar-refractivity contribution >= 4 is 17.3 Å². The molecular formula is C16H13N5O3. The first kappa shape index (κ1) is 15.3. The Morgan fingerprint density at radius 2 is 1.79 bits per heavy atom. The third kappa shape index (κ3) is 3.12. The number of nitro groups is 1. The first-order valence-electron chi connectivity index (χ1n) is 7.08. The third-order valence-electron chi connectivity index (χ3n) is 3.43. The molecule has 0 saturated heterocycles. The lowest BCUT2D eigenvalue weighted by atomic mass is 10.1. The monoisotopic (exact) mass is 323 g/mol. The third-order valence-corrected chi connectivity index (χ3v) is 3.43. The van der Waals surface area contributed by atoms with Crippen molar-refractivity contribution in [3.05, 3.63) is 76.1 Å². The van der Waals surface area contributed by atoms with Crippen LogP contribution in [0.1, 0.15) is 15.9 Å². The predicted molar refractivity (Wildman–Crippen MR) is 87.1 cm³/mol. The van der Waals surface area contributed by atoms with Crippen LogP contribution >= 0.6 is 0 Å². The van der Waals surface area contributed by atoms with Crippen LogP contribution in [0.2, 0.25) is 0 Å². The highest BCUT2D eigenvalue weighted by atomic mass is 16.6. The zero-order valence-electron chi connectivity index (χ0n) is 12.7. The number of aryl methyl sites for hydroxylation is 1. The second-order valence-corrected chi connectivity index (χ2v) is 5.08. The lowest BCUT2D eigenvalue weighted by molar-refractivity contribution is -0.385. The average Bonchev–Trinajstić information content (AvgIpc) is 3.09. The quantitative estimate of drug-likeness (QED) is 0.587. The van der Waals surface area contributed by atoms with E-state index in [0.717, 1.165) is 5.69 Å². The molecule has 3 aromatic rings. The lowest BCUT2D eigenvalue weighted by Gasteiger charge is -2.07. The van der Waals surface area contributed by atoms with Gasteiger partial charge in [0.15, 0.2) is 0 Å². The van der Waals surface area contributed by atoms with E-state index in [0.29, 0.717) is 16.8 Å². The number of anilines is 1. The van der Waals surface area contributed by atoms with Crippen LogP contribution in [-0.4, -0.2) is 25.8 Å². The van der Waals surface area contributed by atoms with Gasteiger partial charge in [0.25, 0.3) is 11.6 Å². The van der Waals surface area contributed by atoms with Gasteiger partial charge in [-0.1, -0.05) is 0 Å². The van der Waals surface area contributed by atoms with E-state index in [1.54, 1.807) is 43.6 Å². The van der Waals surface area contributed by atoms with Gasteiger partial charge in [0.2, 0.25) is 0 Å². The van der Waals surface area contributed by atoms with Crippen molar-refractivity contribution in [1.82, 2.24) is 15.0 Å². The van der Waals surface area contributed by atoms with Gasteiger partial charge in [-0.2, -0.15) is 15.0 Å². The molecule has 0 fully saturated rings. The van der Waals surface area contributed by atoms with Gasteiger partial charge < -0.3 is 5.32 Å². The van der Waals surface area contributed by atoms with Crippen LogP contribution in [0.3, 0.4) is 0 Å². The van der Waals surface area contributed by atoms with Gasteiger partial charge in [-0.15, -0.1) is 0 Å². The Kier molecular flexibility index (Phi) is 4.02. The largest absolute Gasteiger partial charge is 0.322 e. The van der Waals surface area contributed by atoms with E-state index in [-0.39, 0.29) is 11.6 Å². The zero-order valence-corrected chi connectivity index (χ0v) is 12.7. The van der Waals surface area contributed by atoms with E-state index in [1.807, 2.05) is 0 Å². The Morgan fingerprint density at radius 3 is 2.38 bits per heavy atom. The maximum absolute atomic E-state index is 12.3. The Morgan fingerprint density at radius 1 is 1.12 bits per heavy atom. The number of nitro benzene ring substituents is 1. The van der Waals surface area contributed by atoms with Crippen LogP contribution in [0.5, 0.6) is 0 Å². The number of hydrogen-bond acceptors (Lipinski definition) is 5. The fraction of sp³-hybridized carbons (Fsp3) is 0.0625. The minimum absolute atomic E-state index is 0.0115. The van der Waals surface area contributed by atoms with Crippen molar-refractivity contribution in [1.29, 1.82) is 0 Å². The summed E-state index contributed by atoms with van der Waals surface area (Å²) in [4.78, 5) is 24.1. The number of aromatic nitrogens is 3. The molecule has 0 radical (unpaired) electrons. The fourth-order valence-corrected chi connectivity index (χ4v) is 2.23. The van der Waals surface area contributed by atoms with Gasteiger partial charge in [-0.3, -0.25) is 14.9 Å². The topological polar surface area (TPSA) is 103 Å². The summed E-state index contributed by atoms with van der Waals surface area (Å²) in [6.45, 7) is 1.60. The number of nitrogens with zero attached hydrogens (tertiary/aromatic N) is 4. The molecule has 8 heteroatoms. The number of carbonyl (C=O) groups excluding carboxylic acids is 1. The van der Waals surface area contributed by atoms with Gasteiger partial charge in [-0.25, -0.2) is 0 Å². The summed E-state index contributed by atoms with van der Waals surface area (Å²) in [6.07, 6.45) is 3.15. The molecule has 0 aliphatic rings. The molecular weight excluding hydrogens is 310 g/mol. The summed E-state index contributed by atoms with van der Waals surface area (Å²) in [5.41, 5.74) is 2.15. The van der Waals surface area contributed by atoms with E-state index in [9.17, 15) is 14.9 Å². The molecule has 24 heavy (non-hydrogen) atoms. The van der Waals surface area contributed by atoms with Crippen molar-refractivity contribution in [3.8, 4) is 5.69 Å². The Hall–Kier alpha value is -3.55. The van der Waals surface area contributed by atoms with Crippen molar-refractivity contribution in [3.63, 3.8) is 0 Å². The summed E-state index contributed by atoms with van der Waals surface area (Å²) in [7, 11) is 0. The highest BCUT2D eigenvalue weighted by Crippen LogP contribution is 2.20. The number of hydrogen-bond donors (Lipinski definition) is 1. The molecule has 0 spiro atoms. The van der Waals surface area contributed by atoms with E-state index in [4.69, 9.17) is 0 Å². The Balaban J connectivity index is 1.75. The molecule has 1 N–H and O–H groups in total. The standard InChI is InChI=1S/C16H13N5O3/c1-11-10-12(2-7-15(11)21(23)24)16(22)19-13-3-5-14(6-4-13)20-17-8-9-18-20/h2-10H,1H3,(H,19,22). The lowest BCUT2D eigenvalue weighted by Crippen LogP contribution is -2.12. The number of carbonyl (C=O) groups is 1. The normalized spacial score (nSPS) is 10.4. The second-order valence-electron chi connectivity index (χ2n) is 5.08. The molecule has 0 aliphatic carbocycles. The van der Waals surface area contributed by atoms with Crippen LogP contribution < -0.4 is 5.32 Å². The minimum Gasteiger partial charge on any atom is -0.322 e. The van der Waals surface area contributed by atoms with Crippen molar-refractivity contribution < 1.29 is 9.72 Å². The highest BCUT2D eigenvalue weighted by Gasteiger charge is 2.14. The molecule has 3 rings (SSSR count). The van der Waals surface area contributed by atoms with Gasteiger partial charge in [0, 0.05) is 22.9 Å². The van der Waals surface area contributed by atoms with Crippen LogP contribution in [0.25, 0.3) is 5.69 Å². The smallest absolute Gasteiger partial charge is 0.272 e. The van der Waals surface area contributed by atoms with Crippen molar-refractivity contribution in [2.75, 3.05) is 5.32 Å². The van der Waals surface area contributed by atoms with Crippen LogP contribution in [-0.2, 0) is 0 Å². The number of amides is 1. The summed E-state index contributed by atoms with van der Waals surface area (Å²) < 4.78 is 0. The molecule has 0 unspecified atom stereocenters. The molecule has 120 valence electrons. The van der Waals surface area contributed by atoms with E-state index >= 15 is 0 Å². The molecule has 0 saturated carbocycles. The average molecular weight is 323 g/mol. The molecule has 8 nitrogen and oxygen atoms in total. The summed E-state index contributed by atoms with van der Waals surface area (Å²) in [5.74, 6) is -0.335. The van der Waals surface area contributed by atoms with Crippen molar-refractivity contribution in [2.24, 2.45) is 0 Å².